The van der Waals surface area contributed by atoms with Crippen molar-refractivity contribution in [2.45, 2.75) is 13.0 Å². The number of benzene rings is 3. The predicted molar refractivity (Wildman–Crippen MR) is 117 cm³/mol. The van der Waals surface area contributed by atoms with Crippen molar-refractivity contribution < 1.29 is 9.72 Å². The number of rotatable bonds is 6. The van der Waals surface area contributed by atoms with Crippen LogP contribution in [0.4, 0.5) is 5.69 Å². The minimum absolute atomic E-state index is 0.169. The lowest BCUT2D eigenvalue weighted by atomic mass is 9.97. The second-order valence-electron chi connectivity index (χ2n) is 7.16. The summed E-state index contributed by atoms with van der Waals surface area (Å²) in [5.41, 5.74) is 3.35. The number of hydrogen-bond acceptors (Lipinski definition) is 4. The summed E-state index contributed by atoms with van der Waals surface area (Å²) >= 11 is 0. The molecule has 7 nitrogen and oxygen atoms in total. The quantitative estimate of drug-likeness (QED) is 0.370. The molecule has 1 heterocycles. The number of hydrogen-bond donors (Lipinski definition) is 1. The normalized spacial score (nSPS) is 11.6. The van der Waals surface area contributed by atoms with Gasteiger partial charge in [-0.05, 0) is 30.2 Å². The van der Waals surface area contributed by atoms with Gasteiger partial charge < -0.3 is 9.88 Å². The summed E-state index contributed by atoms with van der Waals surface area (Å²) in [6.45, 7) is 2.00. The van der Waals surface area contributed by atoms with Crippen molar-refractivity contribution in [2.75, 3.05) is 0 Å². The summed E-state index contributed by atoms with van der Waals surface area (Å²) in [5, 5.41) is 14.7. The maximum atomic E-state index is 13.1. The third kappa shape index (κ3) is 4.35. The Morgan fingerprint density at radius 3 is 2.39 bits per heavy atom. The molecule has 7 heteroatoms. The van der Waals surface area contributed by atoms with E-state index in [-0.39, 0.29) is 17.3 Å². The molecule has 0 aliphatic rings. The van der Waals surface area contributed by atoms with E-state index in [1.165, 1.54) is 18.6 Å². The average Bonchev–Trinajstić information content (AvgIpc) is 3.33. The third-order valence-corrected chi connectivity index (χ3v) is 5.04. The molecule has 31 heavy (non-hydrogen) atoms. The van der Waals surface area contributed by atoms with E-state index in [1.807, 2.05) is 61.5 Å². The van der Waals surface area contributed by atoms with Crippen molar-refractivity contribution in [2.24, 2.45) is 0 Å². The Labute approximate surface area is 179 Å². The van der Waals surface area contributed by atoms with E-state index in [1.54, 1.807) is 22.9 Å². The molecule has 1 unspecified atom stereocenters. The molecule has 0 spiro atoms. The van der Waals surface area contributed by atoms with Gasteiger partial charge >= 0.3 is 0 Å². The molecule has 0 aliphatic carbocycles. The Morgan fingerprint density at radius 1 is 1.03 bits per heavy atom. The molecular weight excluding hydrogens is 392 g/mol. The number of carbonyl (C=O) groups excluding carboxylic acids is 1. The molecule has 0 radical (unpaired) electrons. The number of aryl methyl sites for hydroxylation is 1. The van der Waals surface area contributed by atoms with Gasteiger partial charge in [0.2, 0.25) is 0 Å². The van der Waals surface area contributed by atoms with Crippen molar-refractivity contribution >= 4 is 11.6 Å². The molecule has 3 aromatic carbocycles. The fourth-order valence-electron chi connectivity index (χ4n) is 3.41. The lowest BCUT2D eigenvalue weighted by Gasteiger charge is -2.20. The Balaban J connectivity index is 1.68. The van der Waals surface area contributed by atoms with Crippen LogP contribution < -0.4 is 5.32 Å². The maximum Gasteiger partial charge on any atom is 0.294 e. The Bertz CT molecular complexity index is 1200. The second kappa shape index (κ2) is 8.62. The average molecular weight is 412 g/mol. The highest BCUT2D eigenvalue weighted by Crippen LogP contribution is 2.26. The van der Waals surface area contributed by atoms with Gasteiger partial charge in [-0.1, -0.05) is 60.2 Å². The van der Waals surface area contributed by atoms with Crippen LogP contribution in [0, 0.1) is 17.0 Å². The zero-order valence-electron chi connectivity index (χ0n) is 16.8. The lowest BCUT2D eigenvalue weighted by Crippen LogP contribution is -2.29. The largest absolute Gasteiger partial charge is 0.341 e. The molecule has 0 bridgehead atoms. The minimum Gasteiger partial charge on any atom is -0.341 e. The third-order valence-electron chi connectivity index (χ3n) is 5.04. The SMILES string of the molecule is Cc1ccc(C(NC(=O)c2ccc(-n3ccnc3)c([N+](=O)[O-])c2)c2ccccc2)cc1. The number of nitro groups is 1. The molecule has 1 atom stereocenters. The number of nitrogens with zero attached hydrogens (tertiary/aromatic N) is 3. The number of imidazole rings is 1. The first-order valence-corrected chi connectivity index (χ1v) is 9.72. The molecule has 0 fully saturated rings. The topological polar surface area (TPSA) is 90.1 Å². The molecule has 4 aromatic rings. The van der Waals surface area contributed by atoms with E-state index in [9.17, 15) is 14.9 Å². The van der Waals surface area contributed by atoms with Gasteiger partial charge in [0.1, 0.15) is 5.69 Å². The fourth-order valence-corrected chi connectivity index (χ4v) is 3.41. The summed E-state index contributed by atoms with van der Waals surface area (Å²) in [6, 6.07) is 21.6. The van der Waals surface area contributed by atoms with Gasteiger partial charge in [-0.2, -0.15) is 0 Å². The molecule has 1 N–H and O–H groups in total. The second-order valence-corrected chi connectivity index (χ2v) is 7.16. The molecule has 0 aliphatic heterocycles. The van der Waals surface area contributed by atoms with Crippen molar-refractivity contribution in [3.8, 4) is 5.69 Å². The van der Waals surface area contributed by atoms with E-state index in [4.69, 9.17) is 0 Å². The Kier molecular flexibility index (Phi) is 5.57. The van der Waals surface area contributed by atoms with Gasteiger partial charge in [0.05, 0.1) is 17.3 Å². The van der Waals surface area contributed by atoms with Gasteiger partial charge in [0, 0.05) is 24.0 Å². The van der Waals surface area contributed by atoms with Crippen LogP contribution >= 0.6 is 0 Å². The zero-order chi connectivity index (χ0) is 21.8. The monoisotopic (exact) mass is 412 g/mol. The van der Waals surface area contributed by atoms with E-state index < -0.39 is 10.8 Å². The van der Waals surface area contributed by atoms with Crippen molar-refractivity contribution in [1.29, 1.82) is 0 Å². The highest BCUT2D eigenvalue weighted by molar-refractivity contribution is 5.95. The number of nitrogens with one attached hydrogen (secondary N) is 1. The molecule has 0 saturated heterocycles. The summed E-state index contributed by atoms with van der Waals surface area (Å²) in [4.78, 5) is 28.1. The van der Waals surface area contributed by atoms with Gasteiger partial charge in [-0.15, -0.1) is 0 Å². The van der Waals surface area contributed by atoms with Crippen LogP contribution in [0.25, 0.3) is 5.69 Å². The van der Waals surface area contributed by atoms with Gasteiger partial charge in [-0.3, -0.25) is 14.9 Å². The standard InChI is InChI=1S/C24H20N4O3/c1-17-7-9-19(10-8-17)23(18-5-3-2-4-6-18)26-24(29)20-11-12-21(22(15-20)28(30)31)27-14-13-25-16-27/h2-16,23H,1H3,(H,26,29). The highest BCUT2D eigenvalue weighted by Gasteiger charge is 2.22. The lowest BCUT2D eigenvalue weighted by molar-refractivity contribution is -0.384. The number of nitro benzene ring substituents is 1. The van der Waals surface area contributed by atoms with Crippen molar-refractivity contribution in [1.82, 2.24) is 14.9 Å². The first-order chi connectivity index (χ1) is 15.0. The molecule has 154 valence electrons. The van der Waals surface area contributed by atoms with E-state index in [0.717, 1.165) is 16.7 Å². The van der Waals surface area contributed by atoms with E-state index in [2.05, 4.69) is 10.3 Å². The van der Waals surface area contributed by atoms with Crippen LogP contribution in [0.15, 0.2) is 91.5 Å². The molecule has 1 aromatic heterocycles. The Morgan fingerprint density at radius 2 is 1.74 bits per heavy atom. The van der Waals surface area contributed by atoms with Gasteiger partial charge in [0.15, 0.2) is 0 Å². The van der Waals surface area contributed by atoms with Crippen LogP contribution in [0.5, 0.6) is 0 Å². The zero-order valence-corrected chi connectivity index (χ0v) is 16.8. The first-order valence-electron chi connectivity index (χ1n) is 9.72. The number of carbonyl (C=O) groups is 1. The first kappa shape index (κ1) is 20.0. The van der Waals surface area contributed by atoms with Crippen LogP contribution in [-0.2, 0) is 0 Å². The maximum absolute atomic E-state index is 13.1. The van der Waals surface area contributed by atoms with E-state index in [0.29, 0.717) is 5.69 Å². The van der Waals surface area contributed by atoms with Crippen LogP contribution in [0.3, 0.4) is 0 Å². The molecule has 4 rings (SSSR count). The number of aromatic nitrogens is 2. The van der Waals surface area contributed by atoms with Crippen LogP contribution in [0.1, 0.15) is 33.1 Å². The smallest absolute Gasteiger partial charge is 0.294 e. The van der Waals surface area contributed by atoms with Crippen molar-refractivity contribution in [3.05, 3.63) is 124 Å². The van der Waals surface area contributed by atoms with Gasteiger partial charge in [-0.25, -0.2) is 4.98 Å². The molecule has 0 saturated carbocycles. The summed E-state index contributed by atoms with van der Waals surface area (Å²) in [5.74, 6) is -0.394. The minimum atomic E-state index is -0.499. The predicted octanol–water partition coefficient (Wildman–Crippen LogP) is 4.61. The summed E-state index contributed by atoms with van der Waals surface area (Å²) in [7, 11) is 0. The van der Waals surface area contributed by atoms with Crippen LogP contribution in [0.2, 0.25) is 0 Å². The van der Waals surface area contributed by atoms with E-state index >= 15 is 0 Å². The molecule has 1 amide bonds. The Hall–Kier alpha value is -4.26. The fraction of sp³-hybridized carbons (Fsp3) is 0.0833. The van der Waals surface area contributed by atoms with Gasteiger partial charge in [0.25, 0.3) is 11.6 Å². The van der Waals surface area contributed by atoms with Crippen molar-refractivity contribution in [3.63, 3.8) is 0 Å². The van der Waals surface area contributed by atoms with Crippen LogP contribution in [-0.4, -0.2) is 20.4 Å². The summed E-state index contributed by atoms with van der Waals surface area (Å²) < 4.78 is 1.54. The summed E-state index contributed by atoms with van der Waals surface area (Å²) in [6.07, 6.45) is 4.63. The highest BCUT2D eigenvalue weighted by atomic mass is 16.6. The molecular formula is C24H20N4O3. The number of amides is 1.